The first-order valence-corrected chi connectivity index (χ1v) is 23.8. The third-order valence-electron chi connectivity index (χ3n) is 5.36. The lowest BCUT2D eigenvalue weighted by atomic mass is 10.1. The fraction of sp³-hybridized carbons (Fsp3) is 1.00. The third-order valence-corrected chi connectivity index (χ3v) is 46.9. The summed E-state index contributed by atoms with van der Waals surface area (Å²) in [7, 11) is 12.3. The zero-order chi connectivity index (χ0) is 23.9. The number of unbranched alkanes of at least 4 members (excludes halogenated alkanes) is 3. The SMILES string of the molecule is CCCCCSS(SCC)(SCCC)(SCCCC)(SC(C)C)C(CC(C)CC)SC. The van der Waals surface area contributed by atoms with E-state index in [1.54, 1.807) is 0 Å². The van der Waals surface area contributed by atoms with Gasteiger partial charge in [-0.05, 0) is 37.9 Å². The van der Waals surface area contributed by atoms with Crippen molar-refractivity contribution in [3.8, 4) is 0 Å². The third kappa shape index (κ3) is 9.12. The zero-order valence-corrected chi connectivity index (χ0v) is 27.8. The van der Waals surface area contributed by atoms with Crippen LogP contribution in [0.15, 0.2) is 0 Å². The topological polar surface area (TPSA) is 0 Å². The maximum absolute atomic E-state index is 2.71. The van der Waals surface area contributed by atoms with Crippen molar-refractivity contribution in [3.63, 3.8) is 0 Å². The van der Waals surface area contributed by atoms with Gasteiger partial charge >= 0.3 is 0 Å². The van der Waals surface area contributed by atoms with Gasteiger partial charge in [-0.2, -0.15) is 11.8 Å². The number of rotatable bonds is 21. The van der Waals surface area contributed by atoms with E-state index in [4.69, 9.17) is 0 Å². The smallest absolute Gasteiger partial charge is 0.0604 e. The molecular weight excluding hydrogens is 513 g/mol. The maximum Gasteiger partial charge on any atom is 0.0604 e. The second-order valence-corrected chi connectivity index (χ2v) is 39.4. The summed E-state index contributed by atoms with van der Waals surface area (Å²) in [5.74, 6) is 5.97. The molecule has 0 aliphatic carbocycles. The molecule has 0 saturated heterocycles. The first-order valence-electron chi connectivity index (χ1n) is 12.6. The van der Waals surface area contributed by atoms with Crippen LogP contribution in [0, 0.1) is 5.92 Å². The molecule has 2 unspecified atom stereocenters. The first kappa shape index (κ1) is 33.4. The summed E-state index contributed by atoms with van der Waals surface area (Å²) < 4.78 is -1.99. The Bertz CT molecular complexity index is 475. The Labute approximate surface area is 219 Å². The van der Waals surface area contributed by atoms with Crippen LogP contribution in [-0.4, -0.2) is 39.1 Å². The molecule has 0 saturated carbocycles. The van der Waals surface area contributed by atoms with Crippen LogP contribution in [0.2, 0.25) is 0 Å². The van der Waals surface area contributed by atoms with Gasteiger partial charge in [-0.3, -0.25) is 0 Å². The lowest BCUT2D eigenvalue weighted by molar-refractivity contribution is 0.540. The molecule has 0 aliphatic rings. The molecule has 192 valence electrons. The molecular formula is C24H54S7. The molecule has 0 fully saturated rings. The van der Waals surface area contributed by atoms with E-state index < -0.39 is 3.45 Å². The van der Waals surface area contributed by atoms with Gasteiger partial charge < -0.3 is 0 Å². The van der Waals surface area contributed by atoms with Gasteiger partial charge in [0.2, 0.25) is 0 Å². The van der Waals surface area contributed by atoms with E-state index in [1.807, 2.05) is 0 Å². The van der Waals surface area contributed by atoms with E-state index in [9.17, 15) is 0 Å². The van der Waals surface area contributed by atoms with Crippen LogP contribution in [0.1, 0.15) is 107 Å². The van der Waals surface area contributed by atoms with Gasteiger partial charge in [0.05, 0.1) is 4.58 Å². The quantitative estimate of drug-likeness (QED) is 0.0993. The van der Waals surface area contributed by atoms with Crippen molar-refractivity contribution in [3.05, 3.63) is 0 Å². The van der Waals surface area contributed by atoms with Gasteiger partial charge in [0.15, 0.2) is 0 Å². The fourth-order valence-corrected chi connectivity index (χ4v) is 53.1. The van der Waals surface area contributed by atoms with Crippen molar-refractivity contribution < 1.29 is 0 Å². The largest absolute Gasteiger partial charge is 0.150 e. The molecule has 31 heavy (non-hydrogen) atoms. The molecule has 0 rings (SSSR count). The second kappa shape index (κ2) is 16.2. The first-order chi connectivity index (χ1) is 14.7. The maximum atomic E-state index is 2.50. The van der Waals surface area contributed by atoms with Gasteiger partial charge in [-0.15, -0.1) is 0 Å². The molecule has 0 aliphatic heterocycles. The molecule has 0 nitrogen and oxygen atoms in total. The predicted molar refractivity (Wildman–Crippen MR) is 172 cm³/mol. The highest BCUT2D eigenvalue weighted by molar-refractivity contribution is 9.98. The molecule has 0 aromatic carbocycles. The summed E-state index contributed by atoms with van der Waals surface area (Å²) in [5, 5.41) is 0.657. The van der Waals surface area contributed by atoms with E-state index in [-0.39, 0.29) is 0 Å². The van der Waals surface area contributed by atoms with Crippen LogP contribution in [-0.2, 0) is 0 Å². The van der Waals surface area contributed by atoms with Gasteiger partial charge in [0.25, 0.3) is 0 Å². The molecule has 0 heterocycles. The lowest BCUT2D eigenvalue weighted by Gasteiger charge is -2.79. The van der Waals surface area contributed by atoms with Crippen molar-refractivity contribution in [1.29, 1.82) is 0 Å². The van der Waals surface area contributed by atoms with Gasteiger partial charge in [0.1, 0.15) is 0 Å². The minimum Gasteiger partial charge on any atom is -0.150 e. The van der Waals surface area contributed by atoms with Gasteiger partial charge in [-0.1, -0.05) is 138 Å². The Morgan fingerprint density at radius 2 is 1.26 bits per heavy atom. The van der Waals surface area contributed by atoms with E-state index in [0.717, 1.165) is 10.5 Å². The molecule has 0 aromatic rings. The molecule has 0 spiro atoms. The van der Waals surface area contributed by atoms with Gasteiger partial charge in [-0.25, -0.2) is 0 Å². The number of hydrogen-bond donors (Lipinski definition) is 0. The van der Waals surface area contributed by atoms with E-state index in [1.165, 1.54) is 74.4 Å². The highest BCUT2D eigenvalue weighted by atomic mass is 34.4. The molecule has 2 atom stereocenters. The minimum atomic E-state index is -2.71. The Kier molecular flexibility index (Phi) is 17.5. The van der Waals surface area contributed by atoms with E-state index in [0.29, 0.717) is 5.25 Å². The van der Waals surface area contributed by atoms with Crippen LogP contribution in [0.25, 0.3) is 0 Å². The van der Waals surface area contributed by atoms with E-state index in [2.05, 4.69) is 127 Å². The minimum absolute atomic E-state index is 0.657. The second-order valence-electron chi connectivity index (χ2n) is 8.65. The fourth-order valence-electron chi connectivity index (χ4n) is 3.60. The van der Waals surface area contributed by atoms with Crippen LogP contribution in [0.4, 0.5) is 0 Å². The van der Waals surface area contributed by atoms with Crippen molar-refractivity contribution in [2.45, 2.75) is 117 Å². The standard InChI is InChI=1S/C24H54S7/c1-10-15-17-20-29-31(26-14-5,27-18-12-3,30-22(6)7,28-19-16-11-2)24(25-9)21-23(8)13-4/h22-24H,10-21H2,1-9H3. The number of hydrogen-bond acceptors (Lipinski definition) is 6. The molecule has 0 aromatic heterocycles. The van der Waals surface area contributed by atoms with Gasteiger partial charge in [0, 0.05) is 28.3 Å². The molecule has 0 amide bonds. The van der Waals surface area contributed by atoms with E-state index >= 15 is 0 Å². The summed E-state index contributed by atoms with van der Waals surface area (Å²) in [6.45, 7) is 19.4. The summed E-state index contributed by atoms with van der Waals surface area (Å²) in [4.78, 5) is 0. The van der Waals surface area contributed by atoms with Crippen LogP contribution in [0.3, 0.4) is 0 Å². The zero-order valence-electron chi connectivity index (χ0n) is 22.1. The van der Waals surface area contributed by atoms with Crippen molar-refractivity contribution in [2.24, 2.45) is 5.92 Å². The monoisotopic (exact) mass is 566 g/mol. The molecule has 7 heteroatoms. The number of thioether (sulfide) groups is 1. The Balaban J connectivity index is 6.93. The van der Waals surface area contributed by atoms with Crippen molar-refractivity contribution in [1.82, 2.24) is 0 Å². The average molecular weight is 567 g/mol. The normalized spacial score (nSPS) is 16.8. The average Bonchev–Trinajstić information content (AvgIpc) is 2.74. The summed E-state index contributed by atoms with van der Waals surface area (Å²) in [6.07, 6.45) is 13.1. The predicted octanol–water partition coefficient (Wildman–Crippen LogP) is 12.1. The van der Waals surface area contributed by atoms with Crippen LogP contribution >= 0.6 is 69.2 Å². The Morgan fingerprint density at radius 3 is 1.71 bits per heavy atom. The van der Waals surface area contributed by atoms with Crippen LogP contribution < -0.4 is 0 Å². The molecule has 0 bridgehead atoms. The summed E-state index contributed by atoms with van der Waals surface area (Å²) >= 11 is 2.22. The highest BCUT2D eigenvalue weighted by Crippen LogP contribution is 3.25. The summed E-state index contributed by atoms with van der Waals surface area (Å²) in [5.41, 5.74) is 0. The molecule has 0 radical (unpaired) electrons. The van der Waals surface area contributed by atoms with Crippen molar-refractivity contribution in [2.75, 3.05) is 29.3 Å². The molecule has 0 N–H and O–H groups in total. The highest BCUT2D eigenvalue weighted by Gasteiger charge is 2.68. The lowest BCUT2D eigenvalue weighted by Crippen LogP contribution is -2.33. The summed E-state index contributed by atoms with van der Waals surface area (Å²) in [6, 6.07) is 0. The van der Waals surface area contributed by atoms with Crippen LogP contribution in [0.5, 0.6) is 0 Å². The Hall–Kier alpha value is 2.45. The van der Waals surface area contributed by atoms with Crippen molar-refractivity contribution >= 4 is 69.2 Å². The Morgan fingerprint density at radius 1 is 0.677 bits per heavy atom.